The predicted octanol–water partition coefficient (Wildman–Crippen LogP) is 4.24. The number of nitrogens with zero attached hydrogens (tertiary/aromatic N) is 3. The molecule has 0 N–H and O–H groups in total. The lowest BCUT2D eigenvalue weighted by atomic mass is 9.90. The van der Waals surface area contributed by atoms with Gasteiger partial charge in [0.25, 0.3) is 0 Å². The van der Waals surface area contributed by atoms with Gasteiger partial charge in [-0.3, -0.25) is 4.90 Å². The quantitative estimate of drug-likeness (QED) is 0.585. The van der Waals surface area contributed by atoms with E-state index in [-0.39, 0.29) is 30.4 Å². The third-order valence-corrected chi connectivity index (χ3v) is 6.64. The molecule has 2 saturated heterocycles. The summed E-state index contributed by atoms with van der Waals surface area (Å²) in [7, 11) is 0. The van der Waals surface area contributed by atoms with E-state index in [1.165, 1.54) is 0 Å². The minimum atomic E-state index is -0.594. The van der Waals surface area contributed by atoms with E-state index in [1.807, 2.05) is 56.6 Å². The van der Waals surface area contributed by atoms with E-state index in [9.17, 15) is 9.59 Å². The van der Waals surface area contributed by atoms with Crippen molar-refractivity contribution in [3.63, 3.8) is 0 Å². The summed E-state index contributed by atoms with van der Waals surface area (Å²) in [5, 5.41) is 0.624. The van der Waals surface area contributed by atoms with Crippen molar-refractivity contribution in [1.82, 2.24) is 14.7 Å². The van der Waals surface area contributed by atoms with E-state index in [4.69, 9.17) is 25.8 Å². The molecule has 188 valence electrons. The Labute approximate surface area is 207 Å². The van der Waals surface area contributed by atoms with Crippen LogP contribution in [0.3, 0.4) is 0 Å². The molecule has 3 aliphatic rings. The average Bonchev–Trinajstić information content (AvgIpc) is 2.76. The molecule has 0 aromatic heterocycles. The van der Waals surface area contributed by atoms with Crippen LogP contribution < -0.4 is 0 Å². The molecule has 3 amide bonds. The standard InChI is InChI=1S/C25H36ClN3O5/c1-16-12-28(13-17(2)33-16)23(30)27-7-6-18-10-19(26)11-20(21(18)14-27)22-15-32-9-8-29(22)24(31)34-25(3,4)5/h10-11,16-17,22H,6-9,12-15H2,1-5H3/t16-,17+,22?. The monoisotopic (exact) mass is 493 g/mol. The second-order valence-electron chi connectivity index (χ2n) is 10.5. The minimum absolute atomic E-state index is 0.0147. The van der Waals surface area contributed by atoms with Gasteiger partial charge in [0.15, 0.2) is 0 Å². The first-order valence-electron chi connectivity index (χ1n) is 12.1. The van der Waals surface area contributed by atoms with Crippen LogP contribution >= 0.6 is 11.6 Å². The molecule has 34 heavy (non-hydrogen) atoms. The Balaban J connectivity index is 1.60. The van der Waals surface area contributed by atoms with Gasteiger partial charge in [-0.2, -0.15) is 0 Å². The van der Waals surface area contributed by atoms with Crippen molar-refractivity contribution in [2.24, 2.45) is 0 Å². The molecule has 8 nitrogen and oxygen atoms in total. The lowest BCUT2D eigenvalue weighted by Gasteiger charge is -2.41. The second kappa shape index (κ2) is 9.91. The highest BCUT2D eigenvalue weighted by molar-refractivity contribution is 6.30. The van der Waals surface area contributed by atoms with Crippen molar-refractivity contribution in [1.29, 1.82) is 0 Å². The molecule has 0 aliphatic carbocycles. The number of fused-ring (bicyclic) bond motifs is 1. The Morgan fingerprint density at radius 2 is 1.79 bits per heavy atom. The fourth-order valence-electron chi connectivity index (χ4n) is 5.05. The van der Waals surface area contributed by atoms with Crippen LogP contribution in [0.15, 0.2) is 12.1 Å². The molecule has 0 radical (unpaired) electrons. The van der Waals surface area contributed by atoms with E-state index in [1.54, 1.807) is 4.90 Å². The molecule has 3 heterocycles. The van der Waals surface area contributed by atoms with Crippen LogP contribution in [0, 0.1) is 0 Å². The van der Waals surface area contributed by atoms with E-state index in [0.29, 0.717) is 57.4 Å². The number of amides is 3. The Morgan fingerprint density at radius 3 is 2.47 bits per heavy atom. The summed E-state index contributed by atoms with van der Waals surface area (Å²) < 4.78 is 17.3. The Morgan fingerprint density at radius 1 is 1.09 bits per heavy atom. The van der Waals surface area contributed by atoms with Crippen molar-refractivity contribution < 1.29 is 23.8 Å². The highest BCUT2D eigenvalue weighted by Crippen LogP contribution is 2.35. The summed E-state index contributed by atoms with van der Waals surface area (Å²) in [5.74, 6) is 0. The molecule has 1 aromatic carbocycles. The van der Waals surface area contributed by atoms with E-state index >= 15 is 0 Å². The molecular formula is C25H36ClN3O5. The fraction of sp³-hybridized carbons (Fsp3) is 0.680. The number of ether oxygens (including phenoxy) is 3. The van der Waals surface area contributed by atoms with E-state index < -0.39 is 5.60 Å². The number of carbonyl (C=O) groups excluding carboxylic acids is 2. The van der Waals surface area contributed by atoms with Gasteiger partial charge in [-0.1, -0.05) is 11.6 Å². The summed E-state index contributed by atoms with van der Waals surface area (Å²) >= 11 is 6.51. The van der Waals surface area contributed by atoms with Gasteiger partial charge in [0.1, 0.15) is 5.60 Å². The maximum Gasteiger partial charge on any atom is 0.410 e. The summed E-state index contributed by atoms with van der Waals surface area (Å²) in [6.07, 6.45) is 0.376. The van der Waals surface area contributed by atoms with Crippen LogP contribution in [-0.2, 0) is 27.2 Å². The molecule has 3 atom stereocenters. The van der Waals surface area contributed by atoms with Crippen molar-refractivity contribution in [3.05, 3.63) is 33.8 Å². The van der Waals surface area contributed by atoms with Crippen LogP contribution in [-0.4, -0.2) is 84.0 Å². The SMILES string of the molecule is C[C@@H]1CN(C(=O)N2CCc3cc(Cl)cc(C4COCCN4C(=O)OC(C)(C)C)c3C2)C[C@H](C)O1. The van der Waals surface area contributed by atoms with Gasteiger partial charge in [0.05, 0.1) is 31.5 Å². The van der Waals surface area contributed by atoms with Gasteiger partial charge in [-0.05, 0) is 69.9 Å². The van der Waals surface area contributed by atoms with Gasteiger partial charge in [-0.15, -0.1) is 0 Å². The third kappa shape index (κ3) is 5.61. The van der Waals surface area contributed by atoms with Crippen molar-refractivity contribution in [2.45, 2.75) is 71.4 Å². The lowest BCUT2D eigenvalue weighted by Crippen LogP contribution is -2.53. The molecule has 2 fully saturated rings. The largest absolute Gasteiger partial charge is 0.444 e. The molecule has 3 aliphatic heterocycles. The first-order chi connectivity index (χ1) is 16.0. The molecular weight excluding hydrogens is 458 g/mol. The molecule has 0 spiro atoms. The second-order valence-corrected chi connectivity index (χ2v) is 11.0. The number of hydrogen-bond acceptors (Lipinski definition) is 5. The fourth-order valence-corrected chi connectivity index (χ4v) is 5.30. The Bertz CT molecular complexity index is 924. The molecule has 9 heteroatoms. The van der Waals surface area contributed by atoms with Crippen molar-refractivity contribution >= 4 is 23.7 Å². The van der Waals surface area contributed by atoms with Crippen LogP contribution in [0.2, 0.25) is 5.02 Å². The number of halogens is 1. The first-order valence-corrected chi connectivity index (χ1v) is 12.5. The minimum Gasteiger partial charge on any atom is -0.444 e. The number of benzene rings is 1. The van der Waals surface area contributed by atoms with Crippen molar-refractivity contribution in [3.8, 4) is 0 Å². The highest BCUT2D eigenvalue weighted by atomic mass is 35.5. The number of urea groups is 1. The van der Waals surface area contributed by atoms with Gasteiger partial charge in [0.2, 0.25) is 0 Å². The maximum absolute atomic E-state index is 13.4. The van der Waals surface area contributed by atoms with Crippen LogP contribution in [0.4, 0.5) is 9.59 Å². The maximum atomic E-state index is 13.4. The predicted molar refractivity (Wildman–Crippen MR) is 129 cm³/mol. The van der Waals surface area contributed by atoms with Crippen LogP contribution in [0.1, 0.15) is 57.4 Å². The molecule has 0 bridgehead atoms. The number of carbonyl (C=O) groups is 2. The molecule has 1 unspecified atom stereocenters. The van der Waals surface area contributed by atoms with Gasteiger partial charge in [-0.25, -0.2) is 9.59 Å². The summed E-state index contributed by atoms with van der Waals surface area (Å²) in [6.45, 7) is 13.1. The summed E-state index contributed by atoms with van der Waals surface area (Å²) in [6, 6.07) is 3.58. The van der Waals surface area contributed by atoms with Gasteiger partial charge in [0, 0.05) is 37.7 Å². The van der Waals surface area contributed by atoms with Crippen LogP contribution in [0.25, 0.3) is 0 Å². The highest BCUT2D eigenvalue weighted by Gasteiger charge is 2.36. The number of rotatable bonds is 1. The Hall–Kier alpha value is -2.03. The first kappa shape index (κ1) is 25.1. The number of hydrogen-bond donors (Lipinski definition) is 0. The zero-order valence-corrected chi connectivity index (χ0v) is 21.6. The molecule has 4 rings (SSSR count). The lowest BCUT2D eigenvalue weighted by molar-refractivity contribution is -0.0586. The topological polar surface area (TPSA) is 71.6 Å². The van der Waals surface area contributed by atoms with E-state index in [0.717, 1.165) is 16.7 Å². The zero-order chi connectivity index (χ0) is 24.6. The molecule has 1 aromatic rings. The third-order valence-electron chi connectivity index (χ3n) is 6.42. The van der Waals surface area contributed by atoms with Gasteiger partial charge < -0.3 is 24.0 Å². The van der Waals surface area contributed by atoms with Crippen LogP contribution in [0.5, 0.6) is 0 Å². The van der Waals surface area contributed by atoms with Crippen molar-refractivity contribution in [2.75, 3.05) is 39.4 Å². The normalized spacial score (nSPS) is 25.7. The average molecular weight is 494 g/mol. The number of morpholine rings is 2. The van der Waals surface area contributed by atoms with E-state index in [2.05, 4.69) is 0 Å². The summed E-state index contributed by atoms with van der Waals surface area (Å²) in [4.78, 5) is 31.9. The summed E-state index contributed by atoms with van der Waals surface area (Å²) in [5.41, 5.74) is 2.49. The van der Waals surface area contributed by atoms with Gasteiger partial charge >= 0.3 is 12.1 Å². The zero-order valence-electron chi connectivity index (χ0n) is 20.8. The molecule has 0 saturated carbocycles. The smallest absolute Gasteiger partial charge is 0.410 e. The Kier molecular flexibility index (Phi) is 7.31.